The third kappa shape index (κ3) is 3.05. The summed E-state index contributed by atoms with van der Waals surface area (Å²) < 4.78 is 10.9. The third-order valence-electron chi connectivity index (χ3n) is 3.54. The molecule has 0 radical (unpaired) electrons. The van der Waals surface area contributed by atoms with Crippen molar-refractivity contribution in [2.45, 2.75) is 25.5 Å². The first kappa shape index (κ1) is 12.8. The van der Waals surface area contributed by atoms with Gasteiger partial charge in [0, 0.05) is 26.7 Å². The zero-order chi connectivity index (χ0) is 13.1. The highest BCUT2D eigenvalue weighted by Crippen LogP contribution is 2.24. The van der Waals surface area contributed by atoms with Crippen molar-refractivity contribution in [1.82, 2.24) is 9.88 Å². The number of nitrogens with zero attached hydrogens (tertiary/aromatic N) is 2. The molecule has 0 saturated carbocycles. The molecule has 0 spiro atoms. The van der Waals surface area contributed by atoms with Gasteiger partial charge in [-0.05, 0) is 24.3 Å². The lowest BCUT2D eigenvalue weighted by atomic mass is 10.1. The van der Waals surface area contributed by atoms with Gasteiger partial charge < -0.3 is 9.15 Å². The lowest BCUT2D eigenvalue weighted by Gasteiger charge is -2.30. The molecule has 0 unspecified atom stereocenters. The van der Waals surface area contributed by atoms with Crippen molar-refractivity contribution >= 4 is 11.3 Å². The largest absolute Gasteiger partial charge is 0.444 e. The van der Waals surface area contributed by atoms with E-state index in [0.29, 0.717) is 6.10 Å². The van der Waals surface area contributed by atoms with E-state index in [4.69, 9.17) is 9.15 Å². The number of thiophene rings is 1. The van der Waals surface area contributed by atoms with Gasteiger partial charge >= 0.3 is 0 Å². The standard InChI is InChI=1S/C14H18N2O2S/c1-17-12-4-6-16(7-5-12)9-11-10-18-14(15-11)13-3-2-8-19-13/h2-3,8,10,12H,4-7,9H2,1H3. The SMILES string of the molecule is COC1CCN(Cc2coc(-c3cccs3)n2)CC1. The molecule has 0 atom stereocenters. The van der Waals surface area contributed by atoms with E-state index < -0.39 is 0 Å². The highest BCUT2D eigenvalue weighted by molar-refractivity contribution is 7.13. The van der Waals surface area contributed by atoms with Gasteiger partial charge in [-0.15, -0.1) is 11.3 Å². The number of piperidine rings is 1. The van der Waals surface area contributed by atoms with Gasteiger partial charge in [-0.3, -0.25) is 4.90 Å². The molecule has 19 heavy (non-hydrogen) atoms. The fourth-order valence-electron chi connectivity index (χ4n) is 2.43. The highest BCUT2D eigenvalue weighted by Gasteiger charge is 2.19. The number of likely N-dealkylation sites (tertiary alicyclic amines) is 1. The summed E-state index contributed by atoms with van der Waals surface area (Å²) in [6.45, 7) is 3.00. The van der Waals surface area contributed by atoms with Crippen LogP contribution >= 0.6 is 11.3 Å². The maximum atomic E-state index is 5.54. The number of rotatable bonds is 4. The Morgan fingerprint density at radius 1 is 1.47 bits per heavy atom. The Bertz CT molecular complexity index is 501. The Morgan fingerprint density at radius 2 is 2.32 bits per heavy atom. The van der Waals surface area contributed by atoms with Crippen LogP contribution in [0.3, 0.4) is 0 Å². The van der Waals surface area contributed by atoms with E-state index >= 15 is 0 Å². The molecule has 5 heteroatoms. The zero-order valence-electron chi connectivity index (χ0n) is 11.0. The van der Waals surface area contributed by atoms with E-state index in [-0.39, 0.29) is 0 Å². The highest BCUT2D eigenvalue weighted by atomic mass is 32.1. The predicted molar refractivity (Wildman–Crippen MR) is 75.1 cm³/mol. The minimum absolute atomic E-state index is 0.426. The molecule has 0 bridgehead atoms. The van der Waals surface area contributed by atoms with Crippen molar-refractivity contribution < 1.29 is 9.15 Å². The number of aromatic nitrogens is 1. The minimum Gasteiger partial charge on any atom is -0.444 e. The summed E-state index contributed by atoms with van der Waals surface area (Å²) in [6.07, 6.45) is 4.41. The number of ether oxygens (including phenoxy) is 1. The van der Waals surface area contributed by atoms with Crippen molar-refractivity contribution in [3.8, 4) is 10.8 Å². The minimum atomic E-state index is 0.426. The Kier molecular flexibility index (Phi) is 3.96. The molecule has 1 aliphatic rings. The molecule has 102 valence electrons. The molecule has 1 saturated heterocycles. The Morgan fingerprint density at radius 3 is 3.00 bits per heavy atom. The van der Waals surface area contributed by atoms with Crippen molar-refractivity contribution in [1.29, 1.82) is 0 Å². The average molecular weight is 278 g/mol. The van der Waals surface area contributed by atoms with Gasteiger partial charge in [-0.1, -0.05) is 6.07 Å². The zero-order valence-corrected chi connectivity index (χ0v) is 11.9. The molecular formula is C14H18N2O2S. The molecule has 0 amide bonds. The molecule has 1 fully saturated rings. The van der Waals surface area contributed by atoms with Crippen LogP contribution in [0.15, 0.2) is 28.2 Å². The van der Waals surface area contributed by atoms with Crippen LogP contribution in [0.25, 0.3) is 10.8 Å². The molecule has 4 nitrogen and oxygen atoms in total. The van der Waals surface area contributed by atoms with Gasteiger partial charge in [0.15, 0.2) is 0 Å². The second-order valence-electron chi connectivity index (χ2n) is 4.83. The normalized spacial score (nSPS) is 17.9. The number of methoxy groups -OCH3 is 1. The van der Waals surface area contributed by atoms with Crippen LogP contribution in [0.4, 0.5) is 0 Å². The van der Waals surface area contributed by atoms with Gasteiger partial charge in [-0.25, -0.2) is 4.98 Å². The van der Waals surface area contributed by atoms with Gasteiger partial charge in [0.1, 0.15) is 6.26 Å². The summed E-state index contributed by atoms with van der Waals surface area (Å²) >= 11 is 1.65. The van der Waals surface area contributed by atoms with Crippen LogP contribution in [0.2, 0.25) is 0 Å². The Balaban J connectivity index is 1.59. The van der Waals surface area contributed by atoms with Gasteiger partial charge in [0.2, 0.25) is 5.89 Å². The quantitative estimate of drug-likeness (QED) is 0.861. The van der Waals surface area contributed by atoms with Crippen molar-refractivity contribution in [3.05, 3.63) is 29.5 Å². The van der Waals surface area contributed by atoms with E-state index in [1.807, 2.05) is 17.5 Å². The van der Waals surface area contributed by atoms with Crippen LogP contribution < -0.4 is 0 Å². The van der Waals surface area contributed by atoms with E-state index in [9.17, 15) is 0 Å². The second kappa shape index (κ2) is 5.86. The number of hydrogen-bond donors (Lipinski definition) is 0. The number of oxazole rings is 1. The van der Waals surface area contributed by atoms with Crippen LogP contribution in [0.1, 0.15) is 18.5 Å². The fourth-order valence-corrected chi connectivity index (χ4v) is 3.08. The lowest BCUT2D eigenvalue weighted by Crippen LogP contribution is -2.36. The predicted octanol–water partition coefficient (Wildman–Crippen LogP) is 3.01. The van der Waals surface area contributed by atoms with Crippen LogP contribution in [-0.4, -0.2) is 36.2 Å². The maximum absolute atomic E-state index is 5.54. The van der Waals surface area contributed by atoms with Gasteiger partial charge in [-0.2, -0.15) is 0 Å². The van der Waals surface area contributed by atoms with E-state index in [1.54, 1.807) is 24.7 Å². The summed E-state index contributed by atoms with van der Waals surface area (Å²) in [5.41, 5.74) is 1.01. The molecular weight excluding hydrogens is 260 g/mol. The molecule has 0 N–H and O–H groups in total. The fraction of sp³-hybridized carbons (Fsp3) is 0.500. The van der Waals surface area contributed by atoms with Crippen molar-refractivity contribution in [2.24, 2.45) is 0 Å². The molecule has 1 aliphatic heterocycles. The van der Waals surface area contributed by atoms with Crippen LogP contribution in [0.5, 0.6) is 0 Å². The summed E-state index contributed by atoms with van der Waals surface area (Å²) in [5, 5.41) is 2.04. The Hall–Kier alpha value is -1.17. The molecule has 0 aromatic carbocycles. The topological polar surface area (TPSA) is 38.5 Å². The maximum Gasteiger partial charge on any atom is 0.236 e. The molecule has 3 heterocycles. The second-order valence-corrected chi connectivity index (χ2v) is 5.78. The lowest BCUT2D eigenvalue weighted by molar-refractivity contribution is 0.0385. The van der Waals surface area contributed by atoms with Crippen molar-refractivity contribution in [2.75, 3.05) is 20.2 Å². The van der Waals surface area contributed by atoms with E-state index in [0.717, 1.165) is 48.9 Å². The first-order chi connectivity index (χ1) is 9.35. The van der Waals surface area contributed by atoms with E-state index in [2.05, 4.69) is 9.88 Å². The summed E-state index contributed by atoms with van der Waals surface area (Å²) in [4.78, 5) is 8.05. The van der Waals surface area contributed by atoms with Gasteiger partial charge in [0.25, 0.3) is 0 Å². The number of hydrogen-bond acceptors (Lipinski definition) is 5. The molecule has 0 aliphatic carbocycles. The Labute approximate surface area is 117 Å². The molecule has 3 rings (SSSR count). The smallest absolute Gasteiger partial charge is 0.236 e. The average Bonchev–Trinajstić information content (AvgIpc) is 3.10. The summed E-state index contributed by atoms with van der Waals surface area (Å²) in [5.74, 6) is 0.733. The third-order valence-corrected chi connectivity index (χ3v) is 4.40. The van der Waals surface area contributed by atoms with E-state index in [1.165, 1.54) is 0 Å². The summed E-state index contributed by atoms with van der Waals surface area (Å²) in [7, 11) is 1.80. The van der Waals surface area contributed by atoms with Crippen LogP contribution in [-0.2, 0) is 11.3 Å². The molecule has 2 aromatic rings. The first-order valence-corrected chi connectivity index (χ1v) is 7.46. The van der Waals surface area contributed by atoms with Crippen LogP contribution in [0, 0.1) is 0 Å². The summed E-state index contributed by atoms with van der Waals surface area (Å²) in [6, 6.07) is 4.05. The van der Waals surface area contributed by atoms with Gasteiger partial charge in [0.05, 0.1) is 16.7 Å². The molecule has 2 aromatic heterocycles. The van der Waals surface area contributed by atoms with Crippen molar-refractivity contribution in [3.63, 3.8) is 0 Å². The first-order valence-electron chi connectivity index (χ1n) is 6.58. The monoisotopic (exact) mass is 278 g/mol.